The first kappa shape index (κ1) is 22.8. The van der Waals surface area contributed by atoms with Crippen LogP contribution in [0.5, 0.6) is 0 Å². The van der Waals surface area contributed by atoms with Crippen molar-refractivity contribution in [1.82, 2.24) is 5.32 Å². The maximum atomic E-state index is 13.5. The van der Waals surface area contributed by atoms with Gasteiger partial charge in [0, 0.05) is 40.3 Å². The summed E-state index contributed by atoms with van der Waals surface area (Å²) in [5.41, 5.74) is 3.86. The second-order valence-electron chi connectivity index (χ2n) is 9.08. The van der Waals surface area contributed by atoms with E-state index in [9.17, 15) is 9.59 Å². The molecule has 2 aromatic rings. The van der Waals surface area contributed by atoms with Gasteiger partial charge < -0.3 is 5.32 Å². The number of amides is 1. The lowest BCUT2D eigenvalue weighted by Gasteiger charge is -2.39. The van der Waals surface area contributed by atoms with E-state index in [1.54, 1.807) is 24.0 Å². The van der Waals surface area contributed by atoms with Crippen molar-refractivity contribution >= 4 is 45.2 Å². The smallest absolute Gasteiger partial charge is 0.337 e. The fraction of sp³-hybridized carbons (Fsp3) is 0.320. The van der Waals surface area contributed by atoms with E-state index in [4.69, 9.17) is 0 Å². The number of H-pyrrole nitrogens is 1. The second-order valence-corrected chi connectivity index (χ2v) is 10.9. The first-order valence-corrected chi connectivity index (χ1v) is 12.6. The molecule has 1 aromatic carbocycles. The van der Waals surface area contributed by atoms with Crippen molar-refractivity contribution in [3.8, 4) is 0 Å². The van der Waals surface area contributed by atoms with Crippen LogP contribution >= 0.6 is 27.7 Å². The molecule has 0 bridgehead atoms. The summed E-state index contributed by atoms with van der Waals surface area (Å²) in [6.45, 7) is 6.14. The number of rotatable bonds is 4. The Labute approximate surface area is 201 Å². The van der Waals surface area contributed by atoms with Crippen molar-refractivity contribution in [3.05, 3.63) is 75.2 Å². The number of dihydropyridines is 1. The molecule has 0 fully saturated rings. The quantitative estimate of drug-likeness (QED) is 0.550. The second kappa shape index (κ2) is 8.87. The Morgan fingerprint density at radius 2 is 1.91 bits per heavy atom. The molecule has 1 unspecified atom stereocenters. The molecule has 3 N–H and O–H groups in total. The number of halogens is 1. The number of carbonyl (C=O) groups excluding carboxylic acids is 2. The predicted octanol–water partition coefficient (Wildman–Crippen LogP) is 5.23. The fourth-order valence-corrected chi connectivity index (χ4v) is 5.19. The van der Waals surface area contributed by atoms with Crippen LogP contribution < -0.4 is 15.6 Å². The molecule has 1 atom stereocenters. The van der Waals surface area contributed by atoms with Crippen LogP contribution in [0.2, 0.25) is 0 Å². The Kier molecular flexibility index (Phi) is 6.32. The number of aromatic nitrogens is 1. The number of benzene rings is 1. The van der Waals surface area contributed by atoms with Crippen LogP contribution in [0.3, 0.4) is 0 Å². The number of hydrogen-bond acceptors (Lipinski definition) is 4. The topological polar surface area (TPSA) is 72.3 Å². The van der Waals surface area contributed by atoms with Crippen LogP contribution in [-0.2, 0) is 9.59 Å². The summed E-state index contributed by atoms with van der Waals surface area (Å²) in [7, 11) is 0. The number of allylic oxidation sites excluding steroid dienone is 3. The van der Waals surface area contributed by atoms with Gasteiger partial charge in [-0.25, -0.2) is 15.1 Å². The number of Topliss-reactive ketones (excluding diaryl/α,β-unsaturated/α-hetero) is 1. The number of nitrogens with one attached hydrogen (secondary N) is 3. The van der Waals surface area contributed by atoms with Crippen LogP contribution in [0.1, 0.15) is 45.1 Å². The highest BCUT2D eigenvalue weighted by atomic mass is 79.9. The summed E-state index contributed by atoms with van der Waals surface area (Å²) in [5, 5.41) is 6.38. The van der Waals surface area contributed by atoms with E-state index in [0.717, 1.165) is 38.3 Å². The van der Waals surface area contributed by atoms with Gasteiger partial charge in [0.05, 0.1) is 10.0 Å². The lowest BCUT2D eigenvalue weighted by Crippen LogP contribution is -2.39. The zero-order valence-corrected chi connectivity index (χ0v) is 21.0. The number of ketones is 1. The van der Waals surface area contributed by atoms with Gasteiger partial charge in [0.25, 0.3) is 5.82 Å². The zero-order chi connectivity index (χ0) is 23.0. The highest BCUT2D eigenvalue weighted by Crippen LogP contribution is 2.46. The van der Waals surface area contributed by atoms with Crippen LogP contribution in [0, 0.1) is 5.41 Å². The summed E-state index contributed by atoms with van der Waals surface area (Å²) in [4.78, 5) is 31.1. The third-order valence-electron chi connectivity index (χ3n) is 5.96. The van der Waals surface area contributed by atoms with Crippen LogP contribution in [0.25, 0.3) is 0 Å². The Morgan fingerprint density at radius 1 is 1.19 bits per heavy atom. The average molecular weight is 513 g/mol. The summed E-state index contributed by atoms with van der Waals surface area (Å²) in [6.07, 6.45) is 5.05. The fourth-order valence-electron chi connectivity index (χ4n) is 4.54. The highest BCUT2D eigenvalue weighted by Gasteiger charge is 2.43. The van der Waals surface area contributed by atoms with Crippen molar-refractivity contribution in [2.24, 2.45) is 5.41 Å². The van der Waals surface area contributed by atoms with E-state index in [0.29, 0.717) is 17.8 Å². The van der Waals surface area contributed by atoms with Gasteiger partial charge in [0.2, 0.25) is 0 Å². The van der Waals surface area contributed by atoms with Gasteiger partial charge in [-0.1, -0.05) is 26.0 Å². The molecule has 1 aromatic heterocycles. The Bertz CT molecular complexity index is 1130. The molecule has 2 heterocycles. The van der Waals surface area contributed by atoms with E-state index in [2.05, 4.69) is 45.4 Å². The summed E-state index contributed by atoms with van der Waals surface area (Å²) >= 11 is 5.06. The number of anilines is 1. The molecular weight excluding hydrogens is 486 g/mol. The molecule has 0 radical (unpaired) electrons. The minimum absolute atomic E-state index is 0.107. The molecule has 1 aliphatic heterocycles. The first-order valence-electron chi connectivity index (χ1n) is 10.5. The van der Waals surface area contributed by atoms with Crippen LogP contribution in [-0.4, -0.2) is 17.9 Å². The van der Waals surface area contributed by atoms with Gasteiger partial charge in [-0.05, 0) is 64.7 Å². The van der Waals surface area contributed by atoms with Gasteiger partial charge >= 0.3 is 5.91 Å². The summed E-state index contributed by atoms with van der Waals surface area (Å²) in [6, 6.07) is 11.8. The lowest BCUT2D eigenvalue weighted by atomic mass is 9.68. The molecular formula is C25H27BrN3O2S+. The minimum Gasteiger partial charge on any atom is -0.362 e. The third-order valence-corrected chi connectivity index (χ3v) is 7.19. The normalized spacial score (nSPS) is 20.0. The standard InChI is InChI=1S/C25H26BrN3O2S/c1-14-21(24(31)29-20-10-7-16(26)13-27-20)22(15-5-8-17(32-4)9-6-15)23-18(28-14)11-25(2,3)12-19(23)30/h5-10,13,22,28H,11-12H2,1-4H3,(H,27,29,31)/p+1. The number of carbonyl (C=O) groups is 2. The van der Waals surface area contributed by atoms with E-state index in [1.807, 2.05) is 43.5 Å². The molecule has 0 spiro atoms. The maximum absolute atomic E-state index is 13.5. The molecule has 2 aliphatic rings. The largest absolute Gasteiger partial charge is 0.362 e. The van der Waals surface area contributed by atoms with E-state index >= 15 is 0 Å². The molecule has 32 heavy (non-hydrogen) atoms. The molecule has 0 saturated carbocycles. The molecule has 1 amide bonds. The van der Waals surface area contributed by atoms with Crippen molar-refractivity contribution in [2.75, 3.05) is 11.6 Å². The van der Waals surface area contributed by atoms with Crippen molar-refractivity contribution in [3.63, 3.8) is 0 Å². The molecule has 5 nitrogen and oxygen atoms in total. The van der Waals surface area contributed by atoms with Crippen molar-refractivity contribution in [2.45, 2.75) is 44.4 Å². The Balaban J connectivity index is 1.79. The molecule has 4 rings (SSSR count). The highest BCUT2D eigenvalue weighted by molar-refractivity contribution is 9.10. The Hall–Kier alpha value is -2.38. The van der Waals surface area contributed by atoms with Gasteiger partial charge in [-0.2, -0.15) is 0 Å². The number of pyridine rings is 1. The number of aromatic amines is 1. The Morgan fingerprint density at radius 3 is 2.53 bits per heavy atom. The zero-order valence-electron chi connectivity index (χ0n) is 18.6. The minimum atomic E-state index is -0.402. The lowest BCUT2D eigenvalue weighted by molar-refractivity contribution is -0.361. The molecule has 7 heteroatoms. The monoisotopic (exact) mass is 512 g/mol. The summed E-state index contributed by atoms with van der Waals surface area (Å²) in [5.74, 6) is 0.0689. The van der Waals surface area contributed by atoms with E-state index in [1.165, 1.54) is 0 Å². The van der Waals surface area contributed by atoms with E-state index in [-0.39, 0.29) is 17.1 Å². The molecule has 1 aliphatic carbocycles. The van der Waals surface area contributed by atoms with Gasteiger partial charge in [0.1, 0.15) is 6.20 Å². The third kappa shape index (κ3) is 4.55. The van der Waals surface area contributed by atoms with Crippen LogP contribution in [0.15, 0.2) is 74.5 Å². The maximum Gasteiger partial charge on any atom is 0.337 e. The molecule has 0 saturated heterocycles. The average Bonchev–Trinajstić information content (AvgIpc) is 2.73. The first-order chi connectivity index (χ1) is 15.2. The van der Waals surface area contributed by atoms with E-state index < -0.39 is 5.92 Å². The molecule has 166 valence electrons. The van der Waals surface area contributed by atoms with Crippen molar-refractivity contribution in [1.29, 1.82) is 0 Å². The van der Waals surface area contributed by atoms with Crippen molar-refractivity contribution < 1.29 is 14.6 Å². The van der Waals surface area contributed by atoms with Crippen LogP contribution in [0.4, 0.5) is 5.82 Å². The number of hydrogen-bond donors (Lipinski definition) is 2. The number of thioether (sulfide) groups is 1. The van der Waals surface area contributed by atoms with Gasteiger partial charge in [-0.15, -0.1) is 11.8 Å². The SMILES string of the molecule is CSc1ccc(C2C(C(=O)Nc3ccc(Br)c[nH+]3)=C(C)NC3=C2C(=O)CC(C)(C)C3)cc1. The van der Waals surface area contributed by atoms with Gasteiger partial charge in [-0.3, -0.25) is 4.79 Å². The van der Waals surface area contributed by atoms with Gasteiger partial charge in [0.15, 0.2) is 5.78 Å². The summed E-state index contributed by atoms with van der Waals surface area (Å²) < 4.78 is 0.891. The predicted molar refractivity (Wildman–Crippen MR) is 131 cm³/mol.